The molecule has 3 aliphatic heterocycles. The van der Waals surface area contributed by atoms with Crippen molar-refractivity contribution < 1.29 is 73.4 Å². The monoisotopic (exact) mass is 731 g/mol. The van der Waals surface area contributed by atoms with Crippen molar-refractivity contribution >= 4 is 5.91 Å². The molecule has 1 amide bonds. The van der Waals surface area contributed by atoms with E-state index >= 15 is 0 Å². The molecule has 0 aromatic heterocycles. The zero-order chi connectivity index (χ0) is 37.0. The lowest BCUT2D eigenvalue weighted by Gasteiger charge is -2.47. The van der Waals surface area contributed by atoms with Crippen molar-refractivity contribution in [2.75, 3.05) is 33.3 Å². The summed E-state index contributed by atoms with van der Waals surface area (Å²) in [5, 5.41) is 79.3. The molecule has 3 heterocycles. The second kappa shape index (κ2) is 18.1. The molecule has 20 atom stereocenters. The first-order chi connectivity index (χ1) is 23.7. The number of hydrogen-bond acceptors (Lipinski definition) is 20. The van der Waals surface area contributed by atoms with Gasteiger partial charge in [0.25, 0.3) is 5.91 Å². The Morgan fingerprint density at radius 1 is 0.820 bits per heavy atom. The predicted octanol–water partition coefficient (Wildman–Crippen LogP) is -8.79. The highest BCUT2D eigenvalue weighted by Gasteiger charge is 2.54. The summed E-state index contributed by atoms with van der Waals surface area (Å²) in [6.07, 6.45) is -23.2. The molecule has 0 aromatic rings. The Morgan fingerprint density at radius 3 is 2.06 bits per heavy atom. The number of rotatable bonds is 14. The molecule has 0 radical (unpaired) electrons. The molecular formula is C28H54FN7O14. The molecule has 50 heavy (non-hydrogen) atoms. The second-order valence-corrected chi connectivity index (χ2v) is 13.1. The van der Waals surface area contributed by atoms with Crippen molar-refractivity contribution in [1.82, 2.24) is 10.6 Å². The van der Waals surface area contributed by atoms with Crippen molar-refractivity contribution in [3.63, 3.8) is 0 Å². The minimum atomic E-state index is -2.16. The first kappa shape index (κ1) is 41.4. The van der Waals surface area contributed by atoms with E-state index in [1.54, 1.807) is 7.05 Å². The molecule has 0 spiro atoms. The lowest BCUT2D eigenvalue weighted by Crippen LogP contribution is -2.67. The number of carbonyl (C=O) groups is 1. The van der Waals surface area contributed by atoms with E-state index in [-0.39, 0.29) is 25.9 Å². The van der Waals surface area contributed by atoms with E-state index in [2.05, 4.69) is 10.6 Å². The molecule has 22 heteroatoms. The van der Waals surface area contributed by atoms with Gasteiger partial charge in [0.1, 0.15) is 61.1 Å². The summed E-state index contributed by atoms with van der Waals surface area (Å²) in [6.45, 7) is -1.34. The Hall–Kier alpha value is -1.36. The molecule has 0 aromatic carbocycles. The number of ether oxygens (including phenoxy) is 6. The van der Waals surface area contributed by atoms with Gasteiger partial charge < -0.3 is 103 Å². The fourth-order valence-corrected chi connectivity index (χ4v) is 6.57. The number of aliphatic hydroxyl groups excluding tert-OH is 7. The van der Waals surface area contributed by atoms with Gasteiger partial charge in [-0.1, -0.05) is 0 Å². The normalized spacial score (nSPS) is 46.8. The molecule has 1 saturated carbocycles. The lowest BCUT2D eigenvalue weighted by molar-refractivity contribution is -0.296. The molecular weight excluding hydrogens is 677 g/mol. The number of likely N-dealkylation sites (N-methyl/N-ethyl adjacent to an activating group) is 1. The van der Waals surface area contributed by atoms with Gasteiger partial charge in [0.2, 0.25) is 0 Å². The highest BCUT2D eigenvalue weighted by molar-refractivity contribution is 5.81. The predicted molar refractivity (Wildman–Crippen MR) is 166 cm³/mol. The van der Waals surface area contributed by atoms with E-state index in [1.165, 1.54) is 0 Å². The van der Waals surface area contributed by atoms with Gasteiger partial charge in [0.15, 0.2) is 25.0 Å². The van der Waals surface area contributed by atoms with Crippen LogP contribution in [0.15, 0.2) is 0 Å². The van der Waals surface area contributed by atoms with Gasteiger partial charge in [-0.25, -0.2) is 4.39 Å². The topological polar surface area (TPSA) is 368 Å². The van der Waals surface area contributed by atoms with Gasteiger partial charge in [0.05, 0.1) is 36.9 Å². The average Bonchev–Trinajstić information content (AvgIpc) is 3.39. The summed E-state index contributed by atoms with van der Waals surface area (Å²) in [7, 11) is 1.65. The Balaban J connectivity index is 1.56. The van der Waals surface area contributed by atoms with Crippen LogP contribution >= 0.6 is 0 Å². The highest BCUT2D eigenvalue weighted by Crippen LogP contribution is 2.34. The SMILES string of the molecule is CNC[C@H]1O[C@H](O[C@H]2[C@H](O[C@@H]3O[C@H](CO)[C@@H](O[C@H]4O[C@@H](CN)[C@@H](O)[C@H](O)[C@H]4N)[C@H]3O)[C@@H](O)[C@H](NC(=O)C(O)[C@@H](F)CN)C[C@@H]2N)[C@H](N)C[C@@H]1O. The number of amides is 1. The van der Waals surface area contributed by atoms with Crippen molar-refractivity contribution in [1.29, 1.82) is 0 Å². The summed E-state index contributed by atoms with van der Waals surface area (Å²) in [5.41, 5.74) is 29.6. The largest absolute Gasteiger partial charge is 0.394 e. The van der Waals surface area contributed by atoms with Crippen molar-refractivity contribution in [3.8, 4) is 0 Å². The zero-order valence-corrected chi connectivity index (χ0v) is 27.5. The maximum atomic E-state index is 14.0. The Morgan fingerprint density at radius 2 is 1.44 bits per heavy atom. The van der Waals surface area contributed by atoms with Crippen LogP contribution in [0.1, 0.15) is 12.8 Å². The van der Waals surface area contributed by atoms with Gasteiger partial charge in [-0.15, -0.1) is 0 Å². The minimum absolute atomic E-state index is 0.0823. The Labute approximate surface area is 287 Å². The van der Waals surface area contributed by atoms with E-state index < -0.39 is 142 Å². The third-order valence-electron chi connectivity index (χ3n) is 9.52. The molecule has 292 valence electrons. The van der Waals surface area contributed by atoms with Crippen molar-refractivity contribution in [2.45, 2.75) is 135 Å². The van der Waals surface area contributed by atoms with E-state index in [9.17, 15) is 44.9 Å². The number of nitrogens with two attached hydrogens (primary N) is 5. The number of nitrogens with one attached hydrogen (secondary N) is 2. The molecule has 1 aliphatic carbocycles. The zero-order valence-electron chi connectivity index (χ0n) is 27.5. The average molecular weight is 732 g/mol. The van der Waals surface area contributed by atoms with E-state index in [0.717, 1.165) is 0 Å². The van der Waals surface area contributed by atoms with Gasteiger partial charge in [0, 0.05) is 25.7 Å². The van der Waals surface area contributed by atoms with Crippen LogP contribution in [0.3, 0.4) is 0 Å². The summed E-state index contributed by atoms with van der Waals surface area (Å²) < 4.78 is 49.3. The number of halogens is 1. The molecule has 21 nitrogen and oxygen atoms in total. The van der Waals surface area contributed by atoms with Gasteiger partial charge >= 0.3 is 0 Å². The Kier molecular flexibility index (Phi) is 15.0. The van der Waals surface area contributed by atoms with Crippen LogP contribution < -0.4 is 39.3 Å². The summed E-state index contributed by atoms with van der Waals surface area (Å²) in [5.74, 6) is -1.18. The molecule has 4 fully saturated rings. The number of hydrogen-bond donors (Lipinski definition) is 14. The third kappa shape index (κ3) is 9.04. The first-order valence-corrected chi connectivity index (χ1v) is 16.5. The highest BCUT2D eigenvalue weighted by atomic mass is 19.1. The van der Waals surface area contributed by atoms with Crippen LogP contribution in [-0.4, -0.2) is 197 Å². The summed E-state index contributed by atoms with van der Waals surface area (Å²) >= 11 is 0. The summed E-state index contributed by atoms with van der Waals surface area (Å²) in [6, 6.07) is -4.47. The fraction of sp³-hybridized carbons (Fsp3) is 0.964. The second-order valence-electron chi connectivity index (χ2n) is 13.1. The molecule has 1 unspecified atom stereocenters. The van der Waals surface area contributed by atoms with Crippen molar-refractivity contribution in [3.05, 3.63) is 0 Å². The number of alkyl halides is 1. The van der Waals surface area contributed by atoms with Crippen LogP contribution in [0.25, 0.3) is 0 Å². The lowest BCUT2D eigenvalue weighted by atomic mass is 9.83. The quantitative estimate of drug-likeness (QED) is 0.0788. The van der Waals surface area contributed by atoms with Crippen LogP contribution in [0.4, 0.5) is 4.39 Å². The van der Waals surface area contributed by atoms with E-state index in [4.69, 9.17) is 57.1 Å². The van der Waals surface area contributed by atoms with Gasteiger partial charge in [-0.05, 0) is 19.9 Å². The van der Waals surface area contributed by atoms with Crippen LogP contribution in [0.5, 0.6) is 0 Å². The van der Waals surface area contributed by atoms with Crippen LogP contribution in [0, 0.1) is 0 Å². The molecule has 19 N–H and O–H groups in total. The third-order valence-corrected chi connectivity index (χ3v) is 9.52. The molecule has 4 rings (SSSR count). The first-order valence-electron chi connectivity index (χ1n) is 16.5. The fourth-order valence-electron chi connectivity index (χ4n) is 6.57. The van der Waals surface area contributed by atoms with E-state index in [1.807, 2.05) is 0 Å². The van der Waals surface area contributed by atoms with Crippen molar-refractivity contribution in [2.24, 2.45) is 28.7 Å². The number of aliphatic hydroxyl groups is 7. The Bertz CT molecular complexity index is 1080. The molecule has 3 saturated heterocycles. The minimum Gasteiger partial charge on any atom is -0.394 e. The van der Waals surface area contributed by atoms with Gasteiger partial charge in [-0.2, -0.15) is 0 Å². The maximum Gasteiger partial charge on any atom is 0.252 e. The molecule has 0 bridgehead atoms. The van der Waals surface area contributed by atoms with Crippen LogP contribution in [0.2, 0.25) is 0 Å². The van der Waals surface area contributed by atoms with Crippen LogP contribution in [-0.2, 0) is 33.2 Å². The molecule has 4 aliphatic rings. The van der Waals surface area contributed by atoms with Gasteiger partial charge in [-0.3, -0.25) is 4.79 Å². The summed E-state index contributed by atoms with van der Waals surface area (Å²) in [4.78, 5) is 12.6. The standard InChI is InChI=1S/C28H54FN7O14/c1-35-6-14-12(38)3-10(33)26(46-14)48-22-9(32)2-11(36-25(44)17(39)8(29)4-30)18(40)24(22)50-28-21(43)23(15(7-37)47-28)49-27-16(34)20(42)19(41)13(5-31)45-27/h8-24,26-28,35,37-43H,2-7,30-34H2,1H3,(H,36,44)/t8-,9-,10+,11+,12-,13-,14+,15+,16+,17?,18-,19+,20+,21+,22+,23+,24+,26+,27+,28-/m0/s1. The smallest absolute Gasteiger partial charge is 0.252 e. The maximum absolute atomic E-state index is 14.0. The van der Waals surface area contributed by atoms with E-state index in [0.29, 0.717) is 0 Å². The number of carbonyl (C=O) groups excluding carboxylic acids is 1.